The van der Waals surface area contributed by atoms with Crippen molar-refractivity contribution in [3.8, 4) is 11.5 Å². The highest BCUT2D eigenvalue weighted by molar-refractivity contribution is 5.91. The molecule has 0 saturated carbocycles. The van der Waals surface area contributed by atoms with Gasteiger partial charge in [-0.15, -0.1) is 0 Å². The third kappa shape index (κ3) is 5.09. The number of carbonyl (C=O) groups excluding carboxylic acids is 1. The van der Waals surface area contributed by atoms with Gasteiger partial charge in [0, 0.05) is 13.2 Å². The molecule has 0 N–H and O–H groups in total. The molecule has 0 heterocycles. The molecule has 0 aromatic heterocycles. The minimum Gasteiger partial charge on any atom is -0.493 e. The molecule has 116 valence electrons. The molecule has 6 nitrogen and oxygen atoms in total. The van der Waals surface area contributed by atoms with Crippen molar-refractivity contribution in [2.75, 3.05) is 41.6 Å². The number of hydrogen-bond donors (Lipinski definition) is 0. The first-order valence-electron chi connectivity index (χ1n) is 6.41. The SMILES string of the molecule is COCCN(OC)C(=O)/C=C/c1ccc(OC)c(OC)c1. The van der Waals surface area contributed by atoms with Crippen molar-refractivity contribution in [1.82, 2.24) is 5.06 Å². The molecule has 6 heteroatoms. The fourth-order valence-electron chi connectivity index (χ4n) is 1.67. The second kappa shape index (κ2) is 8.99. The van der Waals surface area contributed by atoms with Gasteiger partial charge >= 0.3 is 0 Å². The van der Waals surface area contributed by atoms with Crippen LogP contribution >= 0.6 is 0 Å². The number of nitrogens with zero attached hydrogens (tertiary/aromatic N) is 1. The molecule has 0 fully saturated rings. The van der Waals surface area contributed by atoms with E-state index in [-0.39, 0.29) is 5.91 Å². The normalized spacial score (nSPS) is 10.7. The number of ether oxygens (including phenoxy) is 3. The zero-order valence-corrected chi connectivity index (χ0v) is 12.8. The summed E-state index contributed by atoms with van der Waals surface area (Å²) in [5, 5.41) is 1.22. The van der Waals surface area contributed by atoms with E-state index in [0.717, 1.165) is 5.56 Å². The Morgan fingerprint density at radius 3 is 2.43 bits per heavy atom. The quantitative estimate of drug-likeness (QED) is 0.540. The molecule has 0 spiro atoms. The largest absolute Gasteiger partial charge is 0.493 e. The Labute approximate surface area is 124 Å². The Morgan fingerprint density at radius 2 is 1.86 bits per heavy atom. The molecule has 21 heavy (non-hydrogen) atoms. The van der Waals surface area contributed by atoms with E-state index in [1.54, 1.807) is 39.5 Å². The molecular weight excluding hydrogens is 274 g/mol. The van der Waals surface area contributed by atoms with Crippen molar-refractivity contribution in [2.45, 2.75) is 0 Å². The summed E-state index contributed by atoms with van der Waals surface area (Å²) in [5.74, 6) is 0.985. The van der Waals surface area contributed by atoms with Gasteiger partial charge in [-0.25, -0.2) is 5.06 Å². The van der Waals surface area contributed by atoms with Crippen LogP contribution < -0.4 is 9.47 Å². The first-order chi connectivity index (χ1) is 10.2. The number of amides is 1. The first-order valence-corrected chi connectivity index (χ1v) is 6.41. The Kier molecular flexibility index (Phi) is 7.28. The highest BCUT2D eigenvalue weighted by Gasteiger charge is 2.09. The van der Waals surface area contributed by atoms with Crippen molar-refractivity contribution in [1.29, 1.82) is 0 Å². The molecular formula is C15H21NO5. The summed E-state index contributed by atoms with van der Waals surface area (Å²) in [6, 6.07) is 5.40. The smallest absolute Gasteiger partial charge is 0.270 e. The van der Waals surface area contributed by atoms with Gasteiger partial charge in [0.15, 0.2) is 11.5 Å². The van der Waals surface area contributed by atoms with Gasteiger partial charge in [-0.1, -0.05) is 6.07 Å². The van der Waals surface area contributed by atoms with Gasteiger partial charge in [0.05, 0.1) is 34.5 Å². The van der Waals surface area contributed by atoms with E-state index < -0.39 is 0 Å². The Morgan fingerprint density at radius 1 is 1.14 bits per heavy atom. The van der Waals surface area contributed by atoms with Crippen molar-refractivity contribution >= 4 is 12.0 Å². The Balaban J connectivity index is 2.77. The van der Waals surface area contributed by atoms with Crippen LogP contribution in [0.15, 0.2) is 24.3 Å². The number of methoxy groups -OCH3 is 3. The van der Waals surface area contributed by atoms with Gasteiger partial charge in [-0.3, -0.25) is 9.63 Å². The van der Waals surface area contributed by atoms with Gasteiger partial charge in [-0.2, -0.15) is 0 Å². The van der Waals surface area contributed by atoms with Crippen LogP contribution in [0.5, 0.6) is 11.5 Å². The second-order valence-corrected chi connectivity index (χ2v) is 4.06. The molecule has 0 saturated heterocycles. The lowest BCUT2D eigenvalue weighted by molar-refractivity contribution is -0.172. The number of carbonyl (C=O) groups is 1. The number of rotatable bonds is 8. The number of hydrogen-bond acceptors (Lipinski definition) is 5. The summed E-state index contributed by atoms with van der Waals surface area (Å²) in [5.41, 5.74) is 0.823. The number of benzene rings is 1. The summed E-state index contributed by atoms with van der Waals surface area (Å²) in [6.45, 7) is 0.770. The van der Waals surface area contributed by atoms with Crippen molar-refractivity contribution in [2.24, 2.45) is 0 Å². The Bertz CT molecular complexity index is 487. The summed E-state index contributed by atoms with van der Waals surface area (Å²) in [6.07, 6.45) is 3.11. The molecule has 1 rings (SSSR count). The van der Waals surface area contributed by atoms with Crippen molar-refractivity contribution in [3.05, 3.63) is 29.8 Å². The van der Waals surface area contributed by atoms with Crippen molar-refractivity contribution < 1.29 is 23.8 Å². The van der Waals surface area contributed by atoms with E-state index in [1.807, 2.05) is 6.07 Å². The fraction of sp³-hybridized carbons (Fsp3) is 0.400. The van der Waals surface area contributed by atoms with E-state index in [0.29, 0.717) is 24.7 Å². The maximum atomic E-state index is 11.9. The van der Waals surface area contributed by atoms with Crippen LogP contribution in [0.3, 0.4) is 0 Å². The lowest BCUT2D eigenvalue weighted by Crippen LogP contribution is -2.31. The van der Waals surface area contributed by atoms with E-state index in [4.69, 9.17) is 19.0 Å². The van der Waals surface area contributed by atoms with Crippen LogP contribution in [0.1, 0.15) is 5.56 Å². The van der Waals surface area contributed by atoms with E-state index in [1.165, 1.54) is 18.2 Å². The highest BCUT2D eigenvalue weighted by Crippen LogP contribution is 2.27. The maximum absolute atomic E-state index is 11.9. The molecule has 0 radical (unpaired) electrons. The second-order valence-electron chi connectivity index (χ2n) is 4.06. The van der Waals surface area contributed by atoms with Crippen LogP contribution in [0.4, 0.5) is 0 Å². The van der Waals surface area contributed by atoms with Crippen LogP contribution in [0, 0.1) is 0 Å². The van der Waals surface area contributed by atoms with Crippen LogP contribution in [0.25, 0.3) is 6.08 Å². The standard InChI is InChI=1S/C15H21NO5/c1-18-10-9-16(21-4)15(17)8-6-12-5-7-13(19-2)14(11-12)20-3/h5-8,11H,9-10H2,1-4H3/b8-6+. The molecule has 1 amide bonds. The van der Waals surface area contributed by atoms with Crippen LogP contribution in [-0.4, -0.2) is 52.6 Å². The highest BCUT2D eigenvalue weighted by atomic mass is 16.7. The first kappa shape index (κ1) is 17.0. The topological polar surface area (TPSA) is 57.2 Å². The fourth-order valence-corrected chi connectivity index (χ4v) is 1.67. The zero-order chi connectivity index (χ0) is 15.7. The average Bonchev–Trinajstić information content (AvgIpc) is 2.53. The minimum atomic E-state index is -0.260. The molecule has 0 aliphatic heterocycles. The molecule has 0 bridgehead atoms. The van der Waals surface area contributed by atoms with E-state index >= 15 is 0 Å². The molecule has 1 aromatic carbocycles. The monoisotopic (exact) mass is 295 g/mol. The molecule has 1 aromatic rings. The number of hydroxylamine groups is 2. The van der Waals surface area contributed by atoms with Gasteiger partial charge in [0.25, 0.3) is 5.91 Å². The summed E-state index contributed by atoms with van der Waals surface area (Å²) in [7, 11) is 6.15. The molecule has 0 atom stereocenters. The lowest BCUT2D eigenvalue weighted by atomic mass is 10.2. The third-order valence-electron chi connectivity index (χ3n) is 2.79. The maximum Gasteiger partial charge on any atom is 0.270 e. The van der Waals surface area contributed by atoms with Gasteiger partial charge < -0.3 is 14.2 Å². The summed E-state index contributed by atoms with van der Waals surface area (Å²) in [4.78, 5) is 16.9. The molecule has 0 aliphatic rings. The predicted octanol–water partition coefficient (Wildman–Crippen LogP) is 1.75. The van der Waals surface area contributed by atoms with Gasteiger partial charge in [0.1, 0.15) is 0 Å². The molecule has 0 aliphatic carbocycles. The van der Waals surface area contributed by atoms with Crippen molar-refractivity contribution in [3.63, 3.8) is 0 Å². The Hall–Kier alpha value is -2.05. The van der Waals surface area contributed by atoms with Gasteiger partial charge in [-0.05, 0) is 23.8 Å². The van der Waals surface area contributed by atoms with E-state index in [2.05, 4.69) is 0 Å². The minimum absolute atomic E-state index is 0.260. The zero-order valence-electron chi connectivity index (χ0n) is 12.8. The predicted molar refractivity (Wildman–Crippen MR) is 79.2 cm³/mol. The molecule has 0 unspecified atom stereocenters. The van der Waals surface area contributed by atoms with E-state index in [9.17, 15) is 4.79 Å². The summed E-state index contributed by atoms with van der Waals surface area (Å²) < 4.78 is 15.3. The summed E-state index contributed by atoms with van der Waals surface area (Å²) >= 11 is 0. The average molecular weight is 295 g/mol. The van der Waals surface area contributed by atoms with Gasteiger partial charge in [0.2, 0.25) is 0 Å². The third-order valence-corrected chi connectivity index (χ3v) is 2.79. The van der Waals surface area contributed by atoms with Crippen LogP contribution in [0.2, 0.25) is 0 Å². The lowest BCUT2D eigenvalue weighted by Gasteiger charge is -2.17. The van der Waals surface area contributed by atoms with Crippen LogP contribution in [-0.2, 0) is 14.4 Å².